The monoisotopic (exact) mass is 536 g/mol. The molecule has 6 nitrogen and oxygen atoms in total. The van der Waals surface area contributed by atoms with Gasteiger partial charge in [0, 0.05) is 41.9 Å². The molecule has 4 rings (SSSR count). The fourth-order valence-corrected chi connectivity index (χ4v) is 8.76. The van der Waals surface area contributed by atoms with E-state index in [-0.39, 0.29) is 49.4 Å². The summed E-state index contributed by atoms with van der Waals surface area (Å²) in [5.41, 5.74) is -6.55. The highest BCUT2D eigenvalue weighted by Crippen LogP contribution is 2.72. The van der Waals surface area contributed by atoms with Crippen molar-refractivity contribution in [2.75, 3.05) is 12.4 Å². The van der Waals surface area contributed by atoms with Crippen LogP contribution in [0.15, 0.2) is 23.6 Å². The van der Waals surface area contributed by atoms with Crippen molar-refractivity contribution >= 4 is 28.6 Å². The van der Waals surface area contributed by atoms with Gasteiger partial charge in [0.1, 0.15) is 12.4 Å². The Kier molecular flexibility index (Phi) is 7.28. The molecule has 0 aliphatic heterocycles. The van der Waals surface area contributed by atoms with Crippen molar-refractivity contribution in [1.29, 1.82) is 0 Å². The zero-order valence-corrected chi connectivity index (χ0v) is 22.4. The Hall–Kier alpha value is -2.02. The van der Waals surface area contributed by atoms with E-state index in [9.17, 15) is 19.5 Å². The molecule has 2 N–H and O–H groups in total. The Morgan fingerprint density at radius 3 is 2.62 bits per heavy atom. The molecule has 0 heterocycles. The van der Waals surface area contributed by atoms with Crippen molar-refractivity contribution in [1.82, 2.24) is 0 Å². The number of alkyl halides is 1. The molecule has 0 aromatic rings. The van der Waals surface area contributed by atoms with Crippen LogP contribution in [0.2, 0.25) is 0 Å². The molecule has 2 fully saturated rings. The van der Waals surface area contributed by atoms with E-state index in [1.165, 1.54) is 19.1 Å². The highest BCUT2D eigenvalue weighted by Gasteiger charge is 2.77. The molecule has 0 radical (unpaired) electrons. The lowest BCUT2D eigenvalue weighted by molar-refractivity contribution is -0.223. The second kappa shape index (κ2) is 9.62. The Bertz CT molecular complexity index is 1140. The van der Waals surface area contributed by atoms with Crippen LogP contribution in [0, 0.1) is 40.4 Å². The summed E-state index contributed by atoms with van der Waals surface area (Å²) in [5.74, 6) is 1.67. The van der Waals surface area contributed by atoms with E-state index < -0.39 is 62.9 Å². The third-order valence-corrected chi connectivity index (χ3v) is 10.4. The van der Waals surface area contributed by atoms with E-state index in [1.807, 2.05) is 0 Å². The number of allylic oxidation sites excluding steroid dienone is 4. The standard InChI is InChI=1S/C28H34F2O6S/c1-5-23(34)36-28(24(35)37-11-7-6-10-31)16(2)12-18-19-14-21(29)20-13-17(32)8-9-25(20,3)27(19,30)22(33)15-26(18,28)4/h8-9,16,18-19,22,31,33H,5,10-15H2,1-4H3/t16-,18?,19?,22+,25+,26+,27+,28+/m1/s1. The number of hydrogen-bond acceptors (Lipinski definition) is 7. The van der Waals surface area contributed by atoms with Crippen LogP contribution >= 0.6 is 11.8 Å². The summed E-state index contributed by atoms with van der Waals surface area (Å²) in [6, 6.07) is 0. The SMILES string of the molecule is CCC(=O)O[C@]1(C(=O)SCC#CCO)[C@H](C)CC2C3CC(F)=C4CC(=O)C=C[C@]4(C)[C@@]3(F)[C@@H](O)C[C@@]21C. The number of ketones is 1. The van der Waals surface area contributed by atoms with E-state index in [4.69, 9.17) is 9.84 Å². The van der Waals surface area contributed by atoms with Gasteiger partial charge in [-0.3, -0.25) is 14.4 Å². The molecule has 4 aliphatic carbocycles. The molecular weight excluding hydrogens is 502 g/mol. The van der Waals surface area contributed by atoms with Gasteiger partial charge in [-0.25, -0.2) is 8.78 Å². The van der Waals surface area contributed by atoms with Gasteiger partial charge in [-0.05, 0) is 37.3 Å². The number of aliphatic hydroxyl groups is 2. The predicted octanol–water partition coefficient (Wildman–Crippen LogP) is 3.85. The summed E-state index contributed by atoms with van der Waals surface area (Å²) in [7, 11) is 0. The van der Waals surface area contributed by atoms with Crippen LogP contribution in [-0.2, 0) is 19.1 Å². The minimum absolute atomic E-state index is 0.0220. The zero-order valence-electron chi connectivity index (χ0n) is 21.6. The maximum absolute atomic E-state index is 17.4. The summed E-state index contributed by atoms with van der Waals surface area (Å²) in [6.45, 7) is 6.31. The van der Waals surface area contributed by atoms with E-state index in [1.54, 1.807) is 20.8 Å². The van der Waals surface area contributed by atoms with Crippen LogP contribution in [0.25, 0.3) is 0 Å². The van der Waals surface area contributed by atoms with Crippen LogP contribution in [0.5, 0.6) is 0 Å². The Labute approximate surface area is 220 Å². The number of esters is 1. The van der Waals surface area contributed by atoms with Gasteiger partial charge in [0.05, 0.1) is 11.9 Å². The van der Waals surface area contributed by atoms with Crippen molar-refractivity contribution in [2.45, 2.75) is 77.2 Å². The summed E-state index contributed by atoms with van der Waals surface area (Å²) in [4.78, 5) is 38.6. The van der Waals surface area contributed by atoms with Gasteiger partial charge in [-0.1, -0.05) is 50.4 Å². The van der Waals surface area contributed by atoms with Crippen LogP contribution < -0.4 is 0 Å². The Morgan fingerprint density at radius 1 is 1.27 bits per heavy atom. The first-order valence-electron chi connectivity index (χ1n) is 12.8. The lowest BCUT2D eigenvalue weighted by Crippen LogP contribution is -2.69. The molecule has 0 aromatic carbocycles. The molecular formula is C28H34F2O6S. The number of rotatable bonds is 4. The number of hydrogen-bond donors (Lipinski definition) is 2. The van der Waals surface area contributed by atoms with E-state index in [0.717, 1.165) is 11.8 Å². The average molecular weight is 537 g/mol. The van der Waals surface area contributed by atoms with Crippen molar-refractivity contribution < 1.29 is 38.1 Å². The average Bonchev–Trinajstić information content (AvgIpc) is 3.06. The molecule has 8 atom stereocenters. The van der Waals surface area contributed by atoms with E-state index in [0.29, 0.717) is 6.42 Å². The van der Waals surface area contributed by atoms with Crippen LogP contribution in [0.3, 0.4) is 0 Å². The van der Waals surface area contributed by atoms with Gasteiger partial charge in [0.25, 0.3) is 0 Å². The molecule has 202 valence electrons. The van der Waals surface area contributed by atoms with Crippen molar-refractivity contribution in [3.05, 3.63) is 23.6 Å². The maximum Gasteiger partial charge on any atom is 0.306 e. The number of thioether (sulfide) groups is 1. The molecule has 2 saturated carbocycles. The summed E-state index contributed by atoms with van der Waals surface area (Å²) in [6.07, 6.45) is 0.668. The van der Waals surface area contributed by atoms with Crippen LogP contribution in [0.1, 0.15) is 59.8 Å². The van der Waals surface area contributed by atoms with Crippen LogP contribution in [-0.4, -0.2) is 56.8 Å². The van der Waals surface area contributed by atoms with Gasteiger partial charge in [-0.2, -0.15) is 0 Å². The normalized spacial score (nSPS) is 42.3. The summed E-state index contributed by atoms with van der Waals surface area (Å²) >= 11 is 0.863. The van der Waals surface area contributed by atoms with Crippen molar-refractivity contribution in [2.24, 2.45) is 28.6 Å². The molecule has 0 aromatic heterocycles. The zero-order chi connectivity index (χ0) is 27.4. The largest absolute Gasteiger partial charge is 0.449 e. The fraction of sp³-hybridized carbons (Fsp3) is 0.679. The number of carbonyl (C=O) groups is 3. The first-order valence-corrected chi connectivity index (χ1v) is 13.7. The predicted molar refractivity (Wildman–Crippen MR) is 134 cm³/mol. The topological polar surface area (TPSA) is 101 Å². The number of ether oxygens (including phenoxy) is 1. The Morgan fingerprint density at radius 2 is 1.97 bits per heavy atom. The van der Waals surface area contributed by atoms with Crippen LogP contribution in [0.4, 0.5) is 8.78 Å². The summed E-state index contributed by atoms with van der Waals surface area (Å²) < 4.78 is 39.0. The first-order chi connectivity index (χ1) is 17.3. The van der Waals surface area contributed by atoms with Gasteiger partial charge in [-0.15, -0.1) is 0 Å². The molecule has 0 bridgehead atoms. The molecule has 0 saturated heterocycles. The molecule has 0 amide bonds. The number of fused-ring (bicyclic) bond motifs is 5. The Balaban J connectivity index is 1.83. The summed E-state index contributed by atoms with van der Waals surface area (Å²) in [5, 5.41) is 20.0. The lowest BCUT2D eigenvalue weighted by Gasteiger charge is -2.62. The molecule has 37 heavy (non-hydrogen) atoms. The number of halogens is 2. The molecule has 9 heteroatoms. The number of aliphatic hydroxyl groups excluding tert-OH is 2. The van der Waals surface area contributed by atoms with Gasteiger partial charge >= 0.3 is 5.97 Å². The van der Waals surface area contributed by atoms with Gasteiger partial charge in [0.2, 0.25) is 5.12 Å². The third kappa shape index (κ3) is 3.77. The van der Waals surface area contributed by atoms with E-state index in [2.05, 4.69) is 11.8 Å². The number of carbonyl (C=O) groups excluding carboxylic acids is 3. The fourth-order valence-electron chi connectivity index (χ4n) is 7.76. The molecule has 4 aliphatic rings. The minimum atomic E-state index is -2.27. The molecule has 0 spiro atoms. The maximum atomic E-state index is 17.4. The smallest absolute Gasteiger partial charge is 0.306 e. The van der Waals surface area contributed by atoms with Gasteiger partial charge < -0.3 is 14.9 Å². The van der Waals surface area contributed by atoms with Gasteiger partial charge in [0.15, 0.2) is 17.1 Å². The first kappa shape index (κ1) is 28.0. The third-order valence-electron chi connectivity index (χ3n) is 9.55. The van der Waals surface area contributed by atoms with Crippen molar-refractivity contribution in [3.8, 4) is 11.8 Å². The van der Waals surface area contributed by atoms with Crippen molar-refractivity contribution in [3.63, 3.8) is 0 Å². The highest BCUT2D eigenvalue weighted by atomic mass is 32.2. The molecule has 2 unspecified atom stereocenters. The minimum Gasteiger partial charge on any atom is -0.449 e. The lowest BCUT2D eigenvalue weighted by atomic mass is 9.45. The quantitative estimate of drug-likeness (QED) is 0.416. The second-order valence-corrected chi connectivity index (χ2v) is 12.1. The van der Waals surface area contributed by atoms with E-state index >= 15 is 8.78 Å². The second-order valence-electron chi connectivity index (χ2n) is 11.2. The highest BCUT2D eigenvalue weighted by molar-refractivity contribution is 8.14.